The van der Waals surface area contributed by atoms with E-state index < -0.39 is 110 Å². The molecule has 1 aliphatic rings. The van der Waals surface area contributed by atoms with Crippen LogP contribution in [0.3, 0.4) is 0 Å². The minimum atomic E-state index is -1.75. The molecular weight excluding hydrogens is 654 g/mol. The smallest absolute Gasteiger partial charge is 0.245 e. The first-order valence-corrected chi connectivity index (χ1v) is 15.4. The number of nitrogens with one attached hydrogen (secondary N) is 7. The predicted molar refractivity (Wildman–Crippen MR) is 169 cm³/mol. The zero-order valence-corrected chi connectivity index (χ0v) is 27.0. The number of primary amides is 1. The van der Waals surface area contributed by atoms with Gasteiger partial charge in [-0.3, -0.25) is 43.3 Å². The molecule has 0 unspecified atom stereocenters. The number of aliphatic hydroxyl groups is 3. The van der Waals surface area contributed by atoms with Crippen LogP contribution in [-0.4, -0.2) is 138 Å². The van der Waals surface area contributed by atoms with Gasteiger partial charge in [0.05, 0.1) is 26.2 Å². The summed E-state index contributed by atoms with van der Waals surface area (Å²) >= 11 is 0. The van der Waals surface area contributed by atoms with Crippen molar-refractivity contribution in [3.63, 3.8) is 0 Å². The van der Waals surface area contributed by atoms with Crippen LogP contribution in [0.2, 0.25) is 0 Å². The lowest BCUT2D eigenvalue weighted by molar-refractivity contribution is -0.137. The van der Waals surface area contributed by atoms with Gasteiger partial charge in [0.1, 0.15) is 36.3 Å². The number of guanidine groups is 1. The van der Waals surface area contributed by atoms with E-state index in [0.29, 0.717) is 0 Å². The van der Waals surface area contributed by atoms with E-state index >= 15 is 0 Å². The van der Waals surface area contributed by atoms with Crippen LogP contribution in [0.25, 0.3) is 0 Å². The first-order valence-electron chi connectivity index (χ1n) is 15.4. The zero-order chi connectivity index (χ0) is 37.1. The molecule has 1 aliphatic heterocycles. The highest BCUT2D eigenvalue weighted by molar-refractivity contribution is 5.97. The maximum atomic E-state index is 13.3. The quantitative estimate of drug-likeness (QED) is 0.0541. The summed E-state index contributed by atoms with van der Waals surface area (Å²) in [6, 6.07) is -9.14. The number of carbonyl (C=O) groups is 8. The Morgan fingerprint density at radius 2 is 1.37 bits per heavy atom. The van der Waals surface area contributed by atoms with Crippen LogP contribution in [0.1, 0.15) is 45.4 Å². The molecule has 276 valence electrons. The summed E-state index contributed by atoms with van der Waals surface area (Å²) in [5, 5.41) is 45.4. The topological polar surface area (TPSA) is 372 Å². The normalized spacial score (nSPS) is 24.0. The summed E-state index contributed by atoms with van der Waals surface area (Å²) in [4.78, 5) is 105. The number of hydrogen-bond donors (Lipinski definition) is 13. The predicted octanol–water partition coefficient (Wildman–Crippen LogP) is -7.88. The van der Waals surface area contributed by atoms with Crippen molar-refractivity contribution in [1.29, 1.82) is 0 Å². The molecule has 0 aromatic carbocycles. The van der Waals surface area contributed by atoms with E-state index in [9.17, 15) is 53.7 Å². The lowest BCUT2D eigenvalue weighted by atomic mass is 10.1. The molecular formula is C27H47N11O11. The summed E-state index contributed by atoms with van der Waals surface area (Å²) in [5.74, 6) is -7.61. The van der Waals surface area contributed by atoms with Gasteiger partial charge in [-0.1, -0.05) is 0 Å². The van der Waals surface area contributed by atoms with Crippen molar-refractivity contribution in [1.82, 2.24) is 37.2 Å². The molecule has 0 bridgehead atoms. The number of aliphatic hydroxyl groups excluding tert-OH is 3. The van der Waals surface area contributed by atoms with Crippen LogP contribution >= 0.6 is 0 Å². The molecule has 1 heterocycles. The van der Waals surface area contributed by atoms with E-state index in [-0.39, 0.29) is 51.2 Å². The summed E-state index contributed by atoms with van der Waals surface area (Å²) < 4.78 is 0. The van der Waals surface area contributed by atoms with Gasteiger partial charge in [0.15, 0.2) is 5.96 Å². The number of hydrogen-bond acceptors (Lipinski definition) is 12. The Hall–Kier alpha value is -5.09. The minimum Gasteiger partial charge on any atom is -0.394 e. The molecule has 0 aliphatic carbocycles. The molecule has 16 N–H and O–H groups in total. The molecule has 0 saturated carbocycles. The molecule has 22 nitrogen and oxygen atoms in total. The van der Waals surface area contributed by atoms with Crippen molar-refractivity contribution in [2.75, 3.05) is 32.9 Å². The number of rotatable bonds is 11. The maximum absolute atomic E-state index is 13.3. The second-order valence-corrected chi connectivity index (χ2v) is 11.0. The molecule has 1 saturated heterocycles. The fourth-order valence-corrected chi connectivity index (χ4v) is 4.41. The number of amides is 8. The molecule has 0 aromatic rings. The first kappa shape index (κ1) is 41.9. The SMILES string of the molecule is CC(=O)N[C@@H](CCCN=C(N)N)C(=O)N[C@H]1CCCCNC(=O)C[C@@H](C(N)=O)NC(=O)[C@H](CO)NC(=O)[C@H](CO)NC(=O)[C@H](CO)NC1=O. The summed E-state index contributed by atoms with van der Waals surface area (Å²) in [5.41, 5.74) is 15.9. The van der Waals surface area contributed by atoms with Crippen LogP contribution in [0.4, 0.5) is 0 Å². The molecule has 0 aromatic heterocycles. The Morgan fingerprint density at radius 1 is 0.837 bits per heavy atom. The number of nitrogens with two attached hydrogens (primary N) is 3. The van der Waals surface area contributed by atoms with Crippen molar-refractivity contribution in [3.05, 3.63) is 0 Å². The van der Waals surface area contributed by atoms with Crippen LogP contribution in [0.5, 0.6) is 0 Å². The van der Waals surface area contributed by atoms with E-state index in [4.69, 9.17) is 17.2 Å². The third-order valence-electron chi connectivity index (χ3n) is 7.01. The second kappa shape index (κ2) is 21.7. The average molecular weight is 702 g/mol. The monoisotopic (exact) mass is 701 g/mol. The first-order chi connectivity index (χ1) is 23.1. The van der Waals surface area contributed by atoms with Gasteiger partial charge in [-0.05, 0) is 32.1 Å². The lowest BCUT2D eigenvalue weighted by Crippen LogP contribution is -2.61. The van der Waals surface area contributed by atoms with Gasteiger partial charge in [0.2, 0.25) is 47.3 Å². The van der Waals surface area contributed by atoms with E-state index in [2.05, 4.69) is 42.2 Å². The van der Waals surface area contributed by atoms with Crippen molar-refractivity contribution in [2.45, 2.75) is 81.7 Å². The van der Waals surface area contributed by atoms with Gasteiger partial charge < -0.3 is 69.7 Å². The van der Waals surface area contributed by atoms with Crippen molar-refractivity contribution in [2.24, 2.45) is 22.2 Å². The molecule has 22 heteroatoms. The van der Waals surface area contributed by atoms with Crippen LogP contribution < -0.4 is 54.4 Å². The maximum Gasteiger partial charge on any atom is 0.245 e. The van der Waals surface area contributed by atoms with Crippen molar-refractivity contribution in [3.8, 4) is 0 Å². The Bertz CT molecular complexity index is 1230. The van der Waals surface area contributed by atoms with Crippen molar-refractivity contribution >= 4 is 53.2 Å². The van der Waals surface area contributed by atoms with Gasteiger partial charge in [-0.15, -0.1) is 0 Å². The third kappa shape index (κ3) is 15.6. The standard InChI is InChI=1S/C27H47N11O11/c1-13(42)33-14(6-4-8-32-27(29)30)22(45)34-15-5-2-3-7-31-20(43)9-16(21(28)44)35-24(47)17(10-39)37-26(49)19(12-41)38-25(48)18(11-40)36-23(15)46/h14-19,39-41H,2-12H2,1H3,(H2,28,44)(H,31,43)(H,33,42)(H,34,45)(H,35,47)(H,36,46)(H,37,49)(H,38,48)(H4,29,30,32)/t14-,15-,16-,17-,18-,19-/m0/s1. The molecule has 6 atom stereocenters. The fraction of sp³-hybridized carbons (Fsp3) is 0.667. The van der Waals surface area contributed by atoms with Crippen LogP contribution in [0.15, 0.2) is 4.99 Å². The highest BCUT2D eigenvalue weighted by Crippen LogP contribution is 2.06. The lowest BCUT2D eigenvalue weighted by Gasteiger charge is -2.26. The van der Waals surface area contributed by atoms with E-state index in [1.807, 2.05) is 0 Å². The van der Waals surface area contributed by atoms with Gasteiger partial charge in [-0.25, -0.2) is 0 Å². The van der Waals surface area contributed by atoms with Crippen LogP contribution in [-0.2, 0) is 38.4 Å². The number of aliphatic imine (C=N–C) groups is 1. The van der Waals surface area contributed by atoms with Gasteiger partial charge in [0, 0.05) is 20.0 Å². The van der Waals surface area contributed by atoms with Gasteiger partial charge in [0.25, 0.3) is 0 Å². The molecule has 0 radical (unpaired) electrons. The average Bonchev–Trinajstić information content (AvgIpc) is 3.03. The fourth-order valence-electron chi connectivity index (χ4n) is 4.41. The Morgan fingerprint density at radius 3 is 1.86 bits per heavy atom. The Balaban J connectivity index is 3.31. The highest BCUT2D eigenvalue weighted by Gasteiger charge is 2.33. The van der Waals surface area contributed by atoms with Gasteiger partial charge in [-0.2, -0.15) is 0 Å². The zero-order valence-electron chi connectivity index (χ0n) is 27.0. The number of nitrogens with zero attached hydrogens (tertiary/aromatic N) is 1. The highest BCUT2D eigenvalue weighted by atomic mass is 16.3. The Labute approximate surface area is 281 Å². The molecule has 0 spiro atoms. The molecule has 1 rings (SSSR count). The summed E-state index contributed by atoms with van der Waals surface area (Å²) in [7, 11) is 0. The minimum absolute atomic E-state index is 0.0272. The second-order valence-electron chi connectivity index (χ2n) is 11.0. The summed E-state index contributed by atoms with van der Waals surface area (Å²) in [6.45, 7) is -1.65. The molecule has 8 amide bonds. The number of carbonyl (C=O) groups excluding carboxylic acids is 8. The van der Waals surface area contributed by atoms with E-state index in [1.165, 1.54) is 6.92 Å². The third-order valence-corrected chi connectivity index (χ3v) is 7.01. The Kier molecular flexibility index (Phi) is 18.6. The van der Waals surface area contributed by atoms with Crippen molar-refractivity contribution < 1.29 is 53.7 Å². The largest absolute Gasteiger partial charge is 0.394 e. The van der Waals surface area contributed by atoms with E-state index in [1.54, 1.807) is 0 Å². The summed E-state index contributed by atoms with van der Waals surface area (Å²) in [6.07, 6.45) is 0.146. The van der Waals surface area contributed by atoms with Crippen LogP contribution in [0, 0.1) is 0 Å². The van der Waals surface area contributed by atoms with Gasteiger partial charge >= 0.3 is 0 Å². The molecule has 49 heavy (non-hydrogen) atoms. The van der Waals surface area contributed by atoms with E-state index in [0.717, 1.165) is 0 Å². The molecule has 1 fully saturated rings.